The smallest absolute Gasteiger partial charge is 0.256 e. The number of H-pyrrole nitrogens is 1. The Morgan fingerprint density at radius 1 is 1.21 bits per heavy atom. The van der Waals surface area contributed by atoms with Crippen molar-refractivity contribution in [3.63, 3.8) is 0 Å². The van der Waals surface area contributed by atoms with Gasteiger partial charge in [-0.25, -0.2) is 0 Å². The van der Waals surface area contributed by atoms with Crippen LogP contribution in [0, 0.1) is 0 Å². The Bertz CT molecular complexity index is 1150. The van der Waals surface area contributed by atoms with E-state index in [-0.39, 0.29) is 11.7 Å². The number of aromatic nitrogens is 6. The third-order valence-electron chi connectivity index (χ3n) is 6.64. The van der Waals surface area contributed by atoms with Crippen LogP contribution in [0.5, 0.6) is 5.75 Å². The van der Waals surface area contributed by atoms with Crippen molar-refractivity contribution in [1.82, 2.24) is 35.7 Å². The molecular formula is C24H29N7O2. The zero-order valence-electron chi connectivity index (χ0n) is 19.0. The number of benzene rings is 1. The summed E-state index contributed by atoms with van der Waals surface area (Å²) in [6.45, 7) is 4.88. The Balaban J connectivity index is 1.48. The largest absolute Gasteiger partial charge is 0.494 e. The molecule has 5 rings (SSSR count). The summed E-state index contributed by atoms with van der Waals surface area (Å²) in [7, 11) is 0. The van der Waals surface area contributed by atoms with Crippen LogP contribution in [0.2, 0.25) is 0 Å². The maximum absolute atomic E-state index is 13.4. The lowest BCUT2D eigenvalue weighted by Crippen LogP contribution is -2.47. The van der Waals surface area contributed by atoms with Crippen molar-refractivity contribution in [3.05, 3.63) is 53.6 Å². The Hall–Kier alpha value is -3.49. The van der Waals surface area contributed by atoms with Crippen LogP contribution in [0.25, 0.3) is 11.1 Å². The number of carbonyl (C=O) groups excluding carboxylic acids is 1. The third kappa shape index (κ3) is 4.15. The normalized spacial score (nSPS) is 21.1. The lowest BCUT2D eigenvalue weighted by atomic mass is 9.79. The van der Waals surface area contributed by atoms with Crippen molar-refractivity contribution in [3.8, 4) is 5.75 Å². The maximum Gasteiger partial charge on any atom is 0.256 e. The lowest BCUT2D eigenvalue weighted by Gasteiger charge is -2.36. The molecule has 0 unspecified atom stereocenters. The molecular weight excluding hydrogens is 418 g/mol. The van der Waals surface area contributed by atoms with Gasteiger partial charge in [0.2, 0.25) is 5.82 Å². The summed E-state index contributed by atoms with van der Waals surface area (Å²) < 4.78 is 7.82. The molecule has 0 radical (unpaired) electrons. The minimum atomic E-state index is -0.609. The van der Waals surface area contributed by atoms with Gasteiger partial charge in [0, 0.05) is 12.6 Å². The molecule has 0 bridgehead atoms. The fourth-order valence-corrected chi connectivity index (χ4v) is 4.44. The van der Waals surface area contributed by atoms with Crippen LogP contribution in [0.4, 0.5) is 0 Å². The van der Waals surface area contributed by atoms with Crippen molar-refractivity contribution >= 4 is 17.1 Å². The number of ether oxygens (including phenoxy) is 1. The molecule has 1 amide bonds. The zero-order chi connectivity index (χ0) is 22.8. The Morgan fingerprint density at radius 2 is 2.03 bits per heavy atom. The van der Waals surface area contributed by atoms with Crippen LogP contribution >= 0.6 is 0 Å². The van der Waals surface area contributed by atoms with Crippen LogP contribution in [0.1, 0.15) is 75.5 Å². The molecule has 1 atom stereocenters. The van der Waals surface area contributed by atoms with E-state index >= 15 is 0 Å². The minimum Gasteiger partial charge on any atom is -0.494 e. The Morgan fingerprint density at radius 3 is 2.70 bits per heavy atom. The fourth-order valence-electron chi connectivity index (χ4n) is 4.44. The number of hydrogen-bond donors (Lipinski definition) is 2. The van der Waals surface area contributed by atoms with Gasteiger partial charge in [-0.1, -0.05) is 25.5 Å². The van der Waals surface area contributed by atoms with E-state index in [4.69, 9.17) is 9.84 Å². The average molecular weight is 448 g/mol. The van der Waals surface area contributed by atoms with Crippen molar-refractivity contribution in [2.45, 2.75) is 64.0 Å². The van der Waals surface area contributed by atoms with E-state index in [1.807, 2.05) is 48.1 Å². The fraction of sp³-hybridized carbons (Fsp3) is 0.458. The molecule has 1 aromatic carbocycles. The molecule has 2 aromatic heterocycles. The van der Waals surface area contributed by atoms with Gasteiger partial charge in [0.15, 0.2) is 0 Å². The summed E-state index contributed by atoms with van der Waals surface area (Å²) >= 11 is 0. The number of aromatic amines is 1. The molecule has 33 heavy (non-hydrogen) atoms. The SMILES string of the molecule is CCCCOc1ccc([C@]2(C)CC(c3ccn(C4CCC4)n3)=C(c3nn[nH]n3)C(=O)N2)cc1. The predicted molar refractivity (Wildman–Crippen MR) is 123 cm³/mol. The molecule has 172 valence electrons. The Labute approximate surface area is 192 Å². The van der Waals surface area contributed by atoms with E-state index < -0.39 is 5.54 Å². The van der Waals surface area contributed by atoms with Gasteiger partial charge in [-0.2, -0.15) is 10.3 Å². The molecule has 9 nitrogen and oxygen atoms in total. The molecule has 9 heteroatoms. The molecule has 1 aliphatic carbocycles. The number of tetrazole rings is 1. The van der Waals surface area contributed by atoms with Crippen molar-refractivity contribution in [2.24, 2.45) is 0 Å². The molecule has 1 fully saturated rings. The van der Waals surface area contributed by atoms with Gasteiger partial charge in [-0.05, 0) is 67.2 Å². The molecule has 0 saturated heterocycles. The van der Waals surface area contributed by atoms with E-state index in [0.717, 1.165) is 48.3 Å². The zero-order valence-corrected chi connectivity index (χ0v) is 19.0. The van der Waals surface area contributed by atoms with Crippen molar-refractivity contribution in [2.75, 3.05) is 6.61 Å². The summed E-state index contributed by atoms with van der Waals surface area (Å²) in [5, 5.41) is 22.3. The summed E-state index contributed by atoms with van der Waals surface area (Å²) in [6, 6.07) is 10.4. The van der Waals surface area contributed by atoms with E-state index in [2.05, 4.69) is 32.9 Å². The van der Waals surface area contributed by atoms with Crippen LogP contribution in [0.15, 0.2) is 36.5 Å². The van der Waals surface area contributed by atoms with Gasteiger partial charge in [0.1, 0.15) is 5.75 Å². The first-order valence-electron chi connectivity index (χ1n) is 11.7. The molecule has 2 N–H and O–H groups in total. The van der Waals surface area contributed by atoms with E-state index in [0.29, 0.717) is 24.6 Å². The molecule has 0 spiro atoms. The lowest BCUT2D eigenvalue weighted by molar-refractivity contribution is -0.117. The molecule has 1 saturated carbocycles. The quantitative estimate of drug-likeness (QED) is 0.510. The Kier molecular flexibility index (Phi) is 5.70. The summed E-state index contributed by atoms with van der Waals surface area (Å²) in [6.07, 6.45) is 8.19. The number of nitrogens with zero attached hydrogens (tertiary/aromatic N) is 5. The second kappa shape index (κ2) is 8.80. The van der Waals surface area contributed by atoms with Gasteiger partial charge in [0.25, 0.3) is 5.91 Å². The highest BCUT2D eigenvalue weighted by Gasteiger charge is 2.40. The number of nitrogens with one attached hydrogen (secondary N) is 2. The second-order valence-electron chi connectivity index (χ2n) is 9.04. The standard InChI is InChI=1S/C24H29N7O2/c1-3-4-14-33-18-10-8-16(9-11-18)24(2)15-19(20-12-13-31(28-20)17-6-5-7-17)21(23(32)25-24)22-26-29-30-27-22/h8-13,17H,3-7,14-15H2,1-2H3,(H,25,32)(H,26,27,29,30)/t24-/m0/s1. The first-order valence-corrected chi connectivity index (χ1v) is 11.7. The molecule has 3 heterocycles. The van der Waals surface area contributed by atoms with Crippen LogP contribution in [0.3, 0.4) is 0 Å². The number of hydrogen-bond acceptors (Lipinski definition) is 6. The van der Waals surface area contributed by atoms with Crippen molar-refractivity contribution < 1.29 is 9.53 Å². The highest BCUT2D eigenvalue weighted by Crippen LogP contribution is 2.41. The van der Waals surface area contributed by atoms with Gasteiger partial charge in [0.05, 0.1) is 29.5 Å². The van der Waals surface area contributed by atoms with Gasteiger partial charge in [-0.3, -0.25) is 9.48 Å². The molecule has 1 aliphatic heterocycles. The monoisotopic (exact) mass is 447 g/mol. The average Bonchev–Trinajstić information content (AvgIpc) is 3.45. The number of rotatable bonds is 8. The maximum atomic E-state index is 13.4. The second-order valence-corrected chi connectivity index (χ2v) is 9.04. The summed E-state index contributed by atoms with van der Waals surface area (Å²) in [4.78, 5) is 13.4. The topological polar surface area (TPSA) is 111 Å². The van der Waals surface area contributed by atoms with E-state index in [1.165, 1.54) is 6.42 Å². The van der Waals surface area contributed by atoms with E-state index in [9.17, 15) is 4.79 Å². The number of amides is 1. The number of unbranched alkanes of at least 4 members (excludes halogenated alkanes) is 1. The first kappa shape index (κ1) is 21.4. The molecule has 3 aromatic rings. The predicted octanol–water partition coefficient (Wildman–Crippen LogP) is 3.65. The van der Waals surface area contributed by atoms with Gasteiger partial charge in [-0.15, -0.1) is 10.2 Å². The molecule has 2 aliphatic rings. The van der Waals surface area contributed by atoms with Crippen molar-refractivity contribution in [1.29, 1.82) is 0 Å². The van der Waals surface area contributed by atoms with Gasteiger partial charge < -0.3 is 10.1 Å². The van der Waals surface area contributed by atoms with Crippen LogP contribution in [-0.4, -0.2) is 42.9 Å². The number of carbonyl (C=O) groups is 1. The third-order valence-corrected chi connectivity index (χ3v) is 6.64. The van der Waals surface area contributed by atoms with Crippen LogP contribution in [-0.2, 0) is 10.3 Å². The van der Waals surface area contributed by atoms with Gasteiger partial charge >= 0.3 is 0 Å². The highest BCUT2D eigenvalue weighted by molar-refractivity contribution is 6.27. The van der Waals surface area contributed by atoms with Crippen LogP contribution < -0.4 is 10.1 Å². The minimum absolute atomic E-state index is 0.235. The summed E-state index contributed by atoms with van der Waals surface area (Å²) in [5.74, 6) is 0.879. The first-order chi connectivity index (χ1) is 16.1. The van der Waals surface area contributed by atoms with E-state index in [1.54, 1.807) is 0 Å². The summed E-state index contributed by atoms with van der Waals surface area (Å²) in [5.41, 5.74) is 2.41. The highest BCUT2D eigenvalue weighted by atomic mass is 16.5.